The first kappa shape index (κ1) is 21.5. The molecule has 6 nitrogen and oxygen atoms in total. The fraction of sp³-hybridized carbons (Fsp3) is 0.667. The van der Waals surface area contributed by atoms with Gasteiger partial charge in [0.05, 0.1) is 19.9 Å². The lowest BCUT2D eigenvalue weighted by molar-refractivity contribution is -0.116. The Balaban J connectivity index is 1.81. The molecule has 6 heteroatoms. The molecule has 27 heavy (non-hydrogen) atoms. The fourth-order valence-electron chi connectivity index (χ4n) is 3.83. The lowest BCUT2D eigenvalue weighted by Gasteiger charge is -2.33. The van der Waals surface area contributed by atoms with Gasteiger partial charge in [-0.15, -0.1) is 0 Å². The standard InChI is InChI=1S/C21H35N3O3/c1-15-7-6-10-24(13-15)14-17(3)22-16(2)11-21(25)23-19-12-18(26-4)8-9-20(19)27-5/h8-9,12,15-17,22H,6-7,10-11,13-14H2,1-5H3,(H,23,25). The van der Waals surface area contributed by atoms with Crippen LogP contribution in [0.5, 0.6) is 11.5 Å². The highest BCUT2D eigenvalue weighted by molar-refractivity contribution is 5.92. The van der Waals surface area contributed by atoms with Crippen molar-refractivity contribution in [1.29, 1.82) is 0 Å². The van der Waals surface area contributed by atoms with E-state index < -0.39 is 0 Å². The van der Waals surface area contributed by atoms with Crippen molar-refractivity contribution in [3.8, 4) is 11.5 Å². The van der Waals surface area contributed by atoms with Crippen molar-refractivity contribution in [3.05, 3.63) is 18.2 Å². The molecule has 0 aliphatic carbocycles. The number of anilines is 1. The fourth-order valence-corrected chi connectivity index (χ4v) is 3.83. The van der Waals surface area contributed by atoms with Gasteiger partial charge in [0.1, 0.15) is 11.5 Å². The van der Waals surface area contributed by atoms with E-state index in [1.54, 1.807) is 26.4 Å². The molecule has 0 saturated carbocycles. The smallest absolute Gasteiger partial charge is 0.226 e. The molecule has 0 radical (unpaired) electrons. The Bertz CT molecular complexity index is 608. The van der Waals surface area contributed by atoms with E-state index in [2.05, 4.69) is 36.3 Å². The molecule has 1 aliphatic heterocycles. The molecular weight excluding hydrogens is 342 g/mol. The summed E-state index contributed by atoms with van der Waals surface area (Å²) >= 11 is 0. The van der Waals surface area contributed by atoms with E-state index >= 15 is 0 Å². The summed E-state index contributed by atoms with van der Waals surface area (Å²) in [6.45, 7) is 9.96. The average Bonchev–Trinajstić information content (AvgIpc) is 2.61. The predicted molar refractivity (Wildman–Crippen MR) is 110 cm³/mol. The van der Waals surface area contributed by atoms with Crippen LogP contribution in [0.4, 0.5) is 5.69 Å². The summed E-state index contributed by atoms with van der Waals surface area (Å²) in [4.78, 5) is 15.0. The zero-order valence-electron chi connectivity index (χ0n) is 17.4. The number of carbonyl (C=O) groups excluding carboxylic acids is 1. The van der Waals surface area contributed by atoms with Gasteiger partial charge in [-0.3, -0.25) is 4.79 Å². The van der Waals surface area contributed by atoms with Crippen LogP contribution in [0, 0.1) is 5.92 Å². The molecule has 0 spiro atoms. The monoisotopic (exact) mass is 377 g/mol. The van der Waals surface area contributed by atoms with Gasteiger partial charge < -0.3 is 25.0 Å². The van der Waals surface area contributed by atoms with Gasteiger partial charge in [-0.1, -0.05) is 6.92 Å². The van der Waals surface area contributed by atoms with Gasteiger partial charge in [0.2, 0.25) is 5.91 Å². The van der Waals surface area contributed by atoms with E-state index in [4.69, 9.17) is 9.47 Å². The van der Waals surface area contributed by atoms with Crippen LogP contribution < -0.4 is 20.1 Å². The van der Waals surface area contributed by atoms with Gasteiger partial charge in [0, 0.05) is 37.7 Å². The first-order valence-corrected chi connectivity index (χ1v) is 9.91. The molecule has 1 saturated heterocycles. The molecule has 3 atom stereocenters. The number of rotatable bonds is 9. The Hall–Kier alpha value is -1.79. The predicted octanol–water partition coefficient (Wildman–Crippen LogP) is 3.13. The molecule has 3 unspecified atom stereocenters. The van der Waals surface area contributed by atoms with Crippen LogP contribution in [0.25, 0.3) is 0 Å². The molecule has 1 aromatic carbocycles. The molecule has 152 valence electrons. The van der Waals surface area contributed by atoms with E-state index in [1.165, 1.54) is 25.9 Å². The van der Waals surface area contributed by atoms with Gasteiger partial charge in [-0.05, 0) is 51.3 Å². The van der Waals surface area contributed by atoms with Crippen LogP contribution in [-0.4, -0.2) is 56.7 Å². The molecule has 1 amide bonds. The Labute approximate surface area is 163 Å². The second-order valence-corrected chi connectivity index (χ2v) is 7.79. The maximum Gasteiger partial charge on any atom is 0.226 e. The maximum absolute atomic E-state index is 12.4. The molecule has 0 aromatic heterocycles. The summed E-state index contributed by atoms with van der Waals surface area (Å²) in [5.74, 6) is 2.05. The number of carbonyl (C=O) groups is 1. The van der Waals surface area contributed by atoms with Crippen LogP contribution in [0.1, 0.15) is 40.0 Å². The molecule has 1 heterocycles. The van der Waals surface area contributed by atoms with E-state index in [0.717, 1.165) is 12.5 Å². The van der Waals surface area contributed by atoms with E-state index in [1.807, 2.05) is 6.07 Å². The van der Waals surface area contributed by atoms with Crippen LogP contribution >= 0.6 is 0 Å². The molecule has 2 N–H and O–H groups in total. The number of hydrogen-bond donors (Lipinski definition) is 2. The molecule has 1 aliphatic rings. The van der Waals surface area contributed by atoms with Crippen LogP contribution in [0.3, 0.4) is 0 Å². The summed E-state index contributed by atoms with van der Waals surface area (Å²) < 4.78 is 10.5. The van der Waals surface area contributed by atoms with Crippen molar-refractivity contribution in [2.75, 3.05) is 39.2 Å². The number of ether oxygens (including phenoxy) is 2. The van der Waals surface area contributed by atoms with Crippen molar-refractivity contribution in [2.24, 2.45) is 5.92 Å². The summed E-state index contributed by atoms with van der Waals surface area (Å²) in [5.41, 5.74) is 0.629. The van der Waals surface area contributed by atoms with Crippen LogP contribution in [-0.2, 0) is 4.79 Å². The minimum absolute atomic E-state index is 0.0413. The molecule has 2 rings (SSSR count). The van der Waals surface area contributed by atoms with Crippen molar-refractivity contribution in [3.63, 3.8) is 0 Å². The third-order valence-electron chi connectivity index (χ3n) is 5.01. The Morgan fingerprint density at radius 1 is 1.26 bits per heavy atom. The van der Waals surface area contributed by atoms with Crippen LogP contribution in [0.15, 0.2) is 18.2 Å². The molecule has 1 aromatic rings. The number of benzene rings is 1. The Kier molecular flexibility index (Phi) is 8.38. The summed E-state index contributed by atoms with van der Waals surface area (Å²) in [6, 6.07) is 5.82. The quantitative estimate of drug-likeness (QED) is 0.692. The maximum atomic E-state index is 12.4. The largest absolute Gasteiger partial charge is 0.497 e. The third kappa shape index (κ3) is 7.03. The van der Waals surface area contributed by atoms with Gasteiger partial charge in [-0.2, -0.15) is 0 Å². The third-order valence-corrected chi connectivity index (χ3v) is 5.01. The molecule has 1 fully saturated rings. The van der Waals surface area contributed by atoms with Gasteiger partial charge in [0.15, 0.2) is 0 Å². The van der Waals surface area contributed by atoms with Gasteiger partial charge in [-0.25, -0.2) is 0 Å². The van der Waals surface area contributed by atoms with E-state index in [0.29, 0.717) is 29.6 Å². The topological polar surface area (TPSA) is 62.8 Å². The van der Waals surface area contributed by atoms with Crippen molar-refractivity contribution >= 4 is 11.6 Å². The number of hydrogen-bond acceptors (Lipinski definition) is 5. The highest BCUT2D eigenvalue weighted by atomic mass is 16.5. The number of nitrogens with one attached hydrogen (secondary N) is 2. The van der Waals surface area contributed by atoms with E-state index in [9.17, 15) is 4.79 Å². The normalized spacial score (nSPS) is 20.0. The van der Waals surface area contributed by atoms with Gasteiger partial charge >= 0.3 is 0 Å². The average molecular weight is 378 g/mol. The van der Waals surface area contributed by atoms with E-state index in [-0.39, 0.29) is 11.9 Å². The van der Waals surface area contributed by atoms with Crippen LogP contribution in [0.2, 0.25) is 0 Å². The number of likely N-dealkylation sites (tertiary alicyclic amines) is 1. The lowest BCUT2D eigenvalue weighted by Crippen LogP contribution is -2.46. The summed E-state index contributed by atoms with van der Waals surface area (Å²) in [7, 11) is 3.19. The second kappa shape index (κ2) is 10.5. The van der Waals surface area contributed by atoms with Crippen molar-refractivity contribution in [2.45, 2.75) is 52.1 Å². The first-order chi connectivity index (χ1) is 12.9. The second-order valence-electron chi connectivity index (χ2n) is 7.79. The van der Waals surface area contributed by atoms with Crippen molar-refractivity contribution in [1.82, 2.24) is 10.2 Å². The lowest BCUT2D eigenvalue weighted by atomic mass is 10.00. The van der Waals surface area contributed by atoms with Gasteiger partial charge in [0.25, 0.3) is 0 Å². The minimum atomic E-state index is -0.0413. The Morgan fingerprint density at radius 2 is 2.04 bits per heavy atom. The summed E-state index contributed by atoms with van der Waals surface area (Å²) in [5, 5.41) is 6.48. The number of amides is 1. The number of piperidine rings is 1. The summed E-state index contributed by atoms with van der Waals surface area (Å²) in [6.07, 6.45) is 3.03. The zero-order valence-corrected chi connectivity index (χ0v) is 17.4. The minimum Gasteiger partial charge on any atom is -0.497 e. The Morgan fingerprint density at radius 3 is 2.70 bits per heavy atom. The SMILES string of the molecule is COc1ccc(OC)c(NC(=O)CC(C)NC(C)CN2CCCC(C)C2)c1. The highest BCUT2D eigenvalue weighted by Gasteiger charge is 2.19. The molecule has 0 bridgehead atoms. The first-order valence-electron chi connectivity index (χ1n) is 9.91. The molecular formula is C21H35N3O3. The zero-order chi connectivity index (χ0) is 19.8. The number of nitrogens with zero attached hydrogens (tertiary/aromatic N) is 1. The van der Waals surface area contributed by atoms with Crippen molar-refractivity contribution < 1.29 is 14.3 Å². The highest BCUT2D eigenvalue weighted by Crippen LogP contribution is 2.29. The number of methoxy groups -OCH3 is 2.